The molecule has 0 radical (unpaired) electrons. The van der Waals surface area contributed by atoms with Gasteiger partial charge in [0.2, 0.25) is 5.95 Å². The van der Waals surface area contributed by atoms with Gasteiger partial charge in [-0.05, 0) is 6.42 Å². The number of nitrogens with one attached hydrogen (secondary N) is 1. The Balaban J connectivity index is 2.38. The molecule has 0 bridgehead atoms. The van der Waals surface area contributed by atoms with Crippen LogP contribution in [0.3, 0.4) is 0 Å². The van der Waals surface area contributed by atoms with Crippen LogP contribution >= 0.6 is 0 Å². The fourth-order valence-corrected chi connectivity index (χ4v) is 1.58. The van der Waals surface area contributed by atoms with Crippen molar-refractivity contribution >= 4 is 11.9 Å². The molecular formula is C8H9F3N4O2. The van der Waals surface area contributed by atoms with Crippen molar-refractivity contribution in [2.45, 2.75) is 18.6 Å². The number of hydrogen-bond acceptors (Lipinski definition) is 5. The van der Waals surface area contributed by atoms with Crippen LogP contribution in [0, 0.1) is 0 Å². The Kier molecular flexibility index (Phi) is 2.68. The van der Waals surface area contributed by atoms with Crippen LogP contribution in [0.2, 0.25) is 0 Å². The van der Waals surface area contributed by atoms with E-state index in [0.29, 0.717) is 4.68 Å². The van der Waals surface area contributed by atoms with Crippen LogP contribution in [0.4, 0.5) is 19.1 Å². The molecule has 2 rings (SSSR count). The van der Waals surface area contributed by atoms with Gasteiger partial charge in [-0.1, -0.05) is 0 Å². The van der Waals surface area contributed by atoms with Crippen LogP contribution < -0.4 is 5.32 Å². The summed E-state index contributed by atoms with van der Waals surface area (Å²) in [5.41, 5.74) is 0. The number of ether oxygens (including phenoxy) is 1. The lowest BCUT2D eigenvalue weighted by atomic mass is 10.2. The lowest BCUT2D eigenvalue weighted by molar-refractivity contribution is -0.171. The first kappa shape index (κ1) is 11.7. The zero-order valence-corrected chi connectivity index (χ0v) is 8.78. The molecule has 1 atom stereocenters. The van der Waals surface area contributed by atoms with Gasteiger partial charge in [-0.15, -0.1) is 5.10 Å². The summed E-state index contributed by atoms with van der Waals surface area (Å²) in [5.74, 6) is -1.32. The fraction of sp³-hybridized carbons (Fsp3) is 0.625. The number of carbonyl (C=O) groups excluding carboxylic acids is 1. The number of alkyl halides is 3. The number of carbonyl (C=O) groups is 1. The van der Waals surface area contributed by atoms with Gasteiger partial charge in [-0.3, -0.25) is 0 Å². The second-order valence-electron chi connectivity index (χ2n) is 3.47. The van der Waals surface area contributed by atoms with Crippen molar-refractivity contribution in [1.29, 1.82) is 0 Å². The van der Waals surface area contributed by atoms with E-state index in [-0.39, 0.29) is 24.7 Å². The van der Waals surface area contributed by atoms with Crippen LogP contribution in [0.1, 0.15) is 23.1 Å². The lowest BCUT2D eigenvalue weighted by Gasteiger charge is -2.25. The molecule has 17 heavy (non-hydrogen) atoms. The smallest absolute Gasteiger partial charge is 0.411 e. The average Bonchev–Trinajstić information content (AvgIpc) is 2.69. The number of esters is 1. The highest BCUT2D eigenvalue weighted by Crippen LogP contribution is 2.36. The Labute approximate surface area is 93.8 Å². The largest absolute Gasteiger partial charge is 0.463 e. The summed E-state index contributed by atoms with van der Waals surface area (Å²) in [5, 5.41) is 6.16. The second-order valence-corrected chi connectivity index (χ2v) is 3.47. The molecule has 0 amide bonds. The van der Waals surface area contributed by atoms with E-state index in [1.54, 1.807) is 0 Å². The number of methoxy groups -OCH3 is 1. The van der Waals surface area contributed by atoms with Crippen molar-refractivity contribution in [1.82, 2.24) is 14.8 Å². The lowest BCUT2D eigenvalue weighted by Crippen LogP contribution is -2.34. The number of hydrogen-bond donors (Lipinski definition) is 1. The Morgan fingerprint density at radius 1 is 1.59 bits per heavy atom. The van der Waals surface area contributed by atoms with Gasteiger partial charge in [0.05, 0.1) is 7.11 Å². The first-order valence-corrected chi connectivity index (χ1v) is 4.79. The molecule has 0 saturated carbocycles. The Bertz CT molecular complexity index is 442. The third-order valence-electron chi connectivity index (χ3n) is 2.37. The summed E-state index contributed by atoms with van der Waals surface area (Å²) in [6, 6.07) is -1.76. The molecule has 0 aliphatic carbocycles. The first-order chi connectivity index (χ1) is 7.93. The molecule has 0 aromatic carbocycles. The van der Waals surface area contributed by atoms with Crippen LogP contribution in [-0.4, -0.2) is 40.6 Å². The SMILES string of the molecule is COC(=O)c1nc2n(n1)C(C(F)(F)F)CCN2. The van der Waals surface area contributed by atoms with Crippen LogP contribution in [0.15, 0.2) is 0 Å². The van der Waals surface area contributed by atoms with Gasteiger partial charge in [0.25, 0.3) is 5.82 Å². The van der Waals surface area contributed by atoms with Crippen molar-refractivity contribution in [2.24, 2.45) is 0 Å². The third-order valence-corrected chi connectivity index (χ3v) is 2.37. The number of fused-ring (bicyclic) bond motifs is 1. The van der Waals surface area contributed by atoms with E-state index in [2.05, 4.69) is 20.1 Å². The number of nitrogens with zero attached hydrogens (tertiary/aromatic N) is 3. The highest BCUT2D eigenvalue weighted by molar-refractivity contribution is 5.85. The van der Waals surface area contributed by atoms with E-state index in [0.717, 1.165) is 7.11 Å². The molecule has 0 spiro atoms. The molecule has 0 fully saturated rings. The minimum Gasteiger partial charge on any atom is -0.463 e. The number of rotatable bonds is 1. The molecular weight excluding hydrogens is 241 g/mol. The monoisotopic (exact) mass is 250 g/mol. The van der Waals surface area contributed by atoms with Gasteiger partial charge in [0.1, 0.15) is 0 Å². The standard InChI is InChI=1S/C8H9F3N4O2/c1-17-6(16)5-13-7-12-3-2-4(8(9,10)11)15(7)14-5/h4H,2-3H2,1H3,(H,12,13,14). The van der Waals surface area contributed by atoms with E-state index in [1.165, 1.54) is 0 Å². The summed E-state index contributed by atoms with van der Waals surface area (Å²) in [6.07, 6.45) is -4.57. The normalized spacial score (nSPS) is 19.4. The van der Waals surface area contributed by atoms with E-state index in [4.69, 9.17) is 0 Å². The molecule has 1 aromatic heterocycles. The minimum atomic E-state index is -4.42. The van der Waals surface area contributed by atoms with Gasteiger partial charge < -0.3 is 10.1 Å². The summed E-state index contributed by atoms with van der Waals surface area (Å²) in [4.78, 5) is 14.8. The zero-order valence-electron chi connectivity index (χ0n) is 8.78. The zero-order chi connectivity index (χ0) is 12.6. The van der Waals surface area contributed by atoms with Crippen LogP contribution in [-0.2, 0) is 4.74 Å². The Morgan fingerprint density at radius 2 is 2.29 bits per heavy atom. The number of halogens is 3. The Morgan fingerprint density at radius 3 is 2.88 bits per heavy atom. The molecule has 6 nitrogen and oxygen atoms in total. The molecule has 94 valence electrons. The predicted octanol–water partition coefficient (Wildman–Crippen LogP) is 0.984. The van der Waals surface area contributed by atoms with E-state index in [1.807, 2.05) is 0 Å². The minimum absolute atomic E-state index is 0.0704. The maximum Gasteiger partial charge on any atom is 0.411 e. The van der Waals surface area contributed by atoms with Crippen molar-refractivity contribution < 1.29 is 22.7 Å². The molecule has 9 heteroatoms. The molecule has 1 unspecified atom stereocenters. The number of aromatic nitrogens is 3. The summed E-state index contributed by atoms with van der Waals surface area (Å²) >= 11 is 0. The van der Waals surface area contributed by atoms with Gasteiger partial charge in [0.15, 0.2) is 6.04 Å². The molecule has 1 aromatic rings. The maximum atomic E-state index is 12.7. The summed E-state index contributed by atoms with van der Waals surface area (Å²) in [6.45, 7) is 0.128. The second kappa shape index (κ2) is 3.90. The van der Waals surface area contributed by atoms with Gasteiger partial charge >= 0.3 is 12.1 Å². The molecule has 1 N–H and O–H groups in total. The topological polar surface area (TPSA) is 69.0 Å². The highest BCUT2D eigenvalue weighted by Gasteiger charge is 2.44. The van der Waals surface area contributed by atoms with Gasteiger partial charge in [0, 0.05) is 6.54 Å². The van der Waals surface area contributed by atoms with Crippen LogP contribution in [0.25, 0.3) is 0 Å². The quantitative estimate of drug-likeness (QED) is 0.752. The van der Waals surface area contributed by atoms with E-state index >= 15 is 0 Å². The van der Waals surface area contributed by atoms with Gasteiger partial charge in [-0.25, -0.2) is 9.48 Å². The molecule has 1 aliphatic heterocycles. The third kappa shape index (κ3) is 2.04. The van der Waals surface area contributed by atoms with E-state index in [9.17, 15) is 18.0 Å². The van der Waals surface area contributed by atoms with Crippen molar-refractivity contribution in [3.8, 4) is 0 Å². The highest BCUT2D eigenvalue weighted by atomic mass is 19.4. The number of anilines is 1. The predicted molar refractivity (Wildman–Crippen MR) is 49.6 cm³/mol. The van der Waals surface area contributed by atoms with Crippen LogP contribution in [0.5, 0.6) is 0 Å². The van der Waals surface area contributed by atoms with Crippen molar-refractivity contribution in [3.63, 3.8) is 0 Å². The molecule has 1 aliphatic rings. The first-order valence-electron chi connectivity index (χ1n) is 4.79. The summed E-state index contributed by atoms with van der Waals surface area (Å²) in [7, 11) is 1.11. The average molecular weight is 250 g/mol. The molecule has 0 saturated heterocycles. The van der Waals surface area contributed by atoms with Crippen molar-refractivity contribution in [2.75, 3.05) is 19.0 Å². The summed E-state index contributed by atoms with van der Waals surface area (Å²) < 4.78 is 43.1. The van der Waals surface area contributed by atoms with E-state index < -0.39 is 18.2 Å². The molecule has 2 heterocycles. The Hall–Kier alpha value is -1.80. The van der Waals surface area contributed by atoms with Crippen molar-refractivity contribution in [3.05, 3.63) is 5.82 Å². The van der Waals surface area contributed by atoms with Gasteiger partial charge in [-0.2, -0.15) is 18.2 Å². The fourth-order valence-electron chi connectivity index (χ4n) is 1.58. The maximum absolute atomic E-state index is 12.7.